The van der Waals surface area contributed by atoms with Crippen LogP contribution in [0.2, 0.25) is 0 Å². The average molecular weight is 427 g/mol. The molecule has 0 saturated carbocycles. The van der Waals surface area contributed by atoms with Gasteiger partial charge in [-0.05, 0) is 57.2 Å². The predicted molar refractivity (Wildman–Crippen MR) is 119 cm³/mol. The lowest BCUT2D eigenvalue weighted by atomic mass is 10.1. The van der Waals surface area contributed by atoms with Gasteiger partial charge in [0.2, 0.25) is 0 Å². The van der Waals surface area contributed by atoms with Gasteiger partial charge in [0.05, 0.1) is 17.6 Å². The molecule has 6 nitrogen and oxygen atoms in total. The van der Waals surface area contributed by atoms with Crippen LogP contribution in [0.3, 0.4) is 0 Å². The molecule has 0 radical (unpaired) electrons. The number of benzene rings is 2. The maximum atomic E-state index is 13.4. The van der Waals surface area contributed by atoms with Crippen LogP contribution >= 0.6 is 0 Å². The summed E-state index contributed by atoms with van der Waals surface area (Å²) in [6.45, 7) is 4.34. The van der Waals surface area contributed by atoms with E-state index in [-0.39, 0.29) is 12.4 Å². The number of H-pyrrole nitrogens is 1. The molecule has 4 rings (SSSR count). The minimum absolute atomic E-state index is 0.274. The number of nitrogens with zero attached hydrogens (tertiary/aromatic N) is 3. The van der Waals surface area contributed by atoms with Crippen molar-refractivity contribution in [2.24, 2.45) is 0 Å². The maximum absolute atomic E-state index is 13.4. The van der Waals surface area contributed by atoms with E-state index in [1.807, 2.05) is 31.3 Å². The van der Waals surface area contributed by atoms with Crippen LogP contribution < -0.4 is 4.74 Å². The molecule has 2 aromatic carbocycles. The number of imidazole rings is 1. The number of ether oxygens (including phenoxy) is 1. The van der Waals surface area contributed by atoms with Gasteiger partial charge in [0.25, 0.3) is 0 Å². The summed E-state index contributed by atoms with van der Waals surface area (Å²) in [5, 5.41) is 10.4. The molecule has 3 aromatic rings. The van der Waals surface area contributed by atoms with Crippen molar-refractivity contribution >= 4 is 11.0 Å². The van der Waals surface area contributed by atoms with E-state index in [0.717, 1.165) is 35.7 Å². The van der Waals surface area contributed by atoms with Crippen LogP contribution in [0.5, 0.6) is 5.75 Å². The first kappa shape index (κ1) is 21.7. The third-order valence-corrected chi connectivity index (χ3v) is 5.67. The number of nitrogens with one attached hydrogen (secondary N) is 1. The van der Waals surface area contributed by atoms with Crippen molar-refractivity contribution in [2.75, 3.05) is 33.3 Å². The van der Waals surface area contributed by atoms with Crippen LogP contribution in [0.15, 0.2) is 42.5 Å². The number of aromatic amines is 1. The Bertz CT molecular complexity index is 987. The van der Waals surface area contributed by atoms with Gasteiger partial charge in [-0.3, -0.25) is 4.90 Å². The molecule has 0 aliphatic carbocycles. The van der Waals surface area contributed by atoms with Gasteiger partial charge >= 0.3 is 0 Å². The first-order valence-corrected chi connectivity index (χ1v) is 11.0. The van der Waals surface area contributed by atoms with Gasteiger partial charge in [-0.1, -0.05) is 24.6 Å². The Morgan fingerprint density at radius 2 is 1.97 bits per heavy atom. The topological polar surface area (TPSA) is 64.6 Å². The van der Waals surface area contributed by atoms with E-state index in [0.29, 0.717) is 25.2 Å². The van der Waals surface area contributed by atoms with Crippen molar-refractivity contribution in [3.05, 3.63) is 59.7 Å². The number of β-amino-alcohol motifs (C(OH)–C–C–N with tert-alkyl or cyclic N) is 1. The Kier molecular flexibility index (Phi) is 7.17. The third kappa shape index (κ3) is 6.03. The zero-order chi connectivity index (χ0) is 21.6. The molecule has 1 aliphatic rings. The van der Waals surface area contributed by atoms with Crippen LogP contribution in [0, 0.1) is 5.82 Å². The van der Waals surface area contributed by atoms with E-state index < -0.39 is 6.10 Å². The van der Waals surface area contributed by atoms with Crippen molar-refractivity contribution in [1.82, 2.24) is 19.8 Å². The zero-order valence-electron chi connectivity index (χ0n) is 18.1. The number of aliphatic hydroxyl groups excluding tert-OH is 1. The Hall–Kier alpha value is -2.48. The van der Waals surface area contributed by atoms with Crippen LogP contribution in [0.4, 0.5) is 4.39 Å². The highest BCUT2D eigenvalue weighted by molar-refractivity contribution is 5.74. The highest BCUT2D eigenvalue weighted by Crippen LogP contribution is 2.21. The van der Waals surface area contributed by atoms with E-state index in [4.69, 9.17) is 4.74 Å². The van der Waals surface area contributed by atoms with Gasteiger partial charge in [-0.2, -0.15) is 0 Å². The van der Waals surface area contributed by atoms with Crippen LogP contribution in [0.25, 0.3) is 11.0 Å². The van der Waals surface area contributed by atoms with E-state index in [2.05, 4.69) is 19.8 Å². The fourth-order valence-corrected chi connectivity index (χ4v) is 4.17. The normalized spacial score (nSPS) is 16.1. The van der Waals surface area contributed by atoms with E-state index >= 15 is 0 Å². The predicted octanol–water partition coefficient (Wildman–Crippen LogP) is 3.56. The minimum Gasteiger partial charge on any atom is -0.491 e. The van der Waals surface area contributed by atoms with Crippen LogP contribution in [0.1, 0.15) is 30.7 Å². The quantitative estimate of drug-likeness (QED) is 0.548. The molecule has 0 bridgehead atoms. The number of likely N-dealkylation sites (tertiary alicyclic amines) is 1. The van der Waals surface area contributed by atoms with E-state index in [1.165, 1.54) is 31.4 Å². The number of piperidine rings is 1. The number of hydrogen-bond acceptors (Lipinski definition) is 5. The van der Waals surface area contributed by atoms with Gasteiger partial charge in [-0.15, -0.1) is 0 Å². The van der Waals surface area contributed by atoms with Gasteiger partial charge in [0, 0.05) is 18.7 Å². The monoisotopic (exact) mass is 426 g/mol. The second kappa shape index (κ2) is 10.2. The highest BCUT2D eigenvalue weighted by Gasteiger charge is 2.16. The second-order valence-corrected chi connectivity index (χ2v) is 8.45. The Labute approximate surface area is 182 Å². The molecule has 0 amide bonds. The van der Waals surface area contributed by atoms with Crippen molar-refractivity contribution in [1.29, 1.82) is 0 Å². The zero-order valence-corrected chi connectivity index (χ0v) is 18.1. The number of para-hydroxylation sites is 1. The lowest BCUT2D eigenvalue weighted by Crippen LogP contribution is -2.38. The summed E-state index contributed by atoms with van der Waals surface area (Å²) in [5.74, 6) is 1.31. The molecule has 31 heavy (non-hydrogen) atoms. The largest absolute Gasteiger partial charge is 0.491 e. The molecule has 1 aromatic heterocycles. The number of aromatic nitrogens is 2. The molecule has 166 valence electrons. The van der Waals surface area contributed by atoms with Crippen molar-refractivity contribution in [3.63, 3.8) is 0 Å². The minimum atomic E-state index is -0.500. The van der Waals surface area contributed by atoms with Crippen LogP contribution in [-0.4, -0.2) is 64.3 Å². The van der Waals surface area contributed by atoms with Gasteiger partial charge in [-0.25, -0.2) is 9.37 Å². The first-order chi connectivity index (χ1) is 15.1. The summed E-state index contributed by atoms with van der Waals surface area (Å²) in [5.41, 5.74) is 2.52. The Morgan fingerprint density at radius 1 is 1.16 bits per heavy atom. The summed E-state index contributed by atoms with van der Waals surface area (Å²) in [7, 11) is 2.01. The second-order valence-electron chi connectivity index (χ2n) is 8.45. The molecule has 2 heterocycles. The summed E-state index contributed by atoms with van der Waals surface area (Å²) >= 11 is 0. The van der Waals surface area contributed by atoms with Gasteiger partial charge < -0.3 is 19.7 Å². The van der Waals surface area contributed by atoms with E-state index in [1.54, 1.807) is 6.07 Å². The third-order valence-electron chi connectivity index (χ3n) is 5.67. The number of halogens is 1. The summed E-state index contributed by atoms with van der Waals surface area (Å²) in [4.78, 5) is 12.2. The lowest BCUT2D eigenvalue weighted by Gasteiger charge is -2.28. The molecule has 1 saturated heterocycles. The maximum Gasteiger partial charge on any atom is 0.125 e. The summed E-state index contributed by atoms with van der Waals surface area (Å²) in [6.07, 6.45) is 3.21. The number of rotatable bonds is 9. The molecule has 1 atom stereocenters. The average Bonchev–Trinajstić information content (AvgIpc) is 3.15. The molecule has 1 fully saturated rings. The van der Waals surface area contributed by atoms with Crippen molar-refractivity contribution < 1.29 is 14.2 Å². The lowest BCUT2D eigenvalue weighted by molar-refractivity contribution is 0.0612. The highest BCUT2D eigenvalue weighted by atomic mass is 19.1. The fourth-order valence-electron chi connectivity index (χ4n) is 4.17. The number of hydrogen-bond donors (Lipinski definition) is 2. The van der Waals surface area contributed by atoms with E-state index in [9.17, 15) is 9.50 Å². The Balaban J connectivity index is 1.32. The van der Waals surface area contributed by atoms with Crippen molar-refractivity contribution in [2.45, 2.75) is 38.5 Å². The SMILES string of the molecule is CN(Cc1nc2ccc(F)cc2[nH]1)Cc1ccccc1OC[C@H](O)CN1CCCCC1. The molecule has 2 N–H and O–H groups in total. The summed E-state index contributed by atoms with van der Waals surface area (Å²) in [6, 6.07) is 12.5. The Morgan fingerprint density at radius 3 is 2.81 bits per heavy atom. The molecule has 0 spiro atoms. The number of fused-ring (bicyclic) bond motifs is 1. The molecule has 7 heteroatoms. The summed E-state index contributed by atoms with van der Waals surface area (Å²) < 4.78 is 19.4. The fraction of sp³-hybridized carbons (Fsp3) is 0.458. The standard InChI is InChI=1S/C24H31FN4O2/c1-28(16-24-26-21-10-9-19(25)13-22(21)27-24)14-18-7-3-4-8-23(18)31-17-20(30)15-29-11-5-2-6-12-29/h3-4,7-10,13,20,30H,2,5-6,11-12,14-17H2,1H3,(H,26,27)/t20-/m1/s1. The molecule has 1 aliphatic heterocycles. The van der Waals surface area contributed by atoms with Crippen LogP contribution in [-0.2, 0) is 13.1 Å². The molecule has 0 unspecified atom stereocenters. The molecular formula is C24H31FN4O2. The van der Waals surface area contributed by atoms with Crippen molar-refractivity contribution in [3.8, 4) is 5.75 Å². The number of aliphatic hydroxyl groups is 1. The van der Waals surface area contributed by atoms with Gasteiger partial charge in [0.15, 0.2) is 0 Å². The first-order valence-electron chi connectivity index (χ1n) is 11.0. The smallest absolute Gasteiger partial charge is 0.125 e. The van der Waals surface area contributed by atoms with Gasteiger partial charge in [0.1, 0.15) is 30.1 Å². The molecular weight excluding hydrogens is 395 g/mol.